The third-order valence-electron chi connectivity index (χ3n) is 5.64. The Hall–Kier alpha value is -2.77. The van der Waals surface area contributed by atoms with Gasteiger partial charge in [-0.25, -0.2) is 0 Å². The van der Waals surface area contributed by atoms with Crippen molar-refractivity contribution >= 4 is 11.8 Å². The first kappa shape index (κ1) is 18.6. The Bertz CT molecular complexity index is 867. The van der Waals surface area contributed by atoms with Crippen molar-refractivity contribution in [1.29, 1.82) is 0 Å². The molecule has 1 aromatic heterocycles. The second kappa shape index (κ2) is 7.33. The van der Waals surface area contributed by atoms with Gasteiger partial charge in [0.05, 0.1) is 13.6 Å². The fourth-order valence-electron chi connectivity index (χ4n) is 4.34. The minimum Gasteiger partial charge on any atom is -0.342 e. The van der Waals surface area contributed by atoms with Gasteiger partial charge in [0.1, 0.15) is 12.1 Å². The van der Waals surface area contributed by atoms with Crippen molar-refractivity contribution in [2.45, 2.75) is 51.7 Å². The number of nitrogens with one attached hydrogen (secondary N) is 1. The van der Waals surface area contributed by atoms with E-state index in [0.717, 1.165) is 12.8 Å². The highest BCUT2D eigenvalue weighted by Gasteiger charge is 2.45. The third kappa shape index (κ3) is 3.50. The zero-order valence-electron chi connectivity index (χ0n) is 16.5. The third-order valence-corrected chi connectivity index (χ3v) is 5.64. The van der Waals surface area contributed by atoms with Gasteiger partial charge >= 0.3 is 0 Å². The number of fused-ring (bicyclic) bond motifs is 1. The number of amides is 2. The molecule has 1 aromatic carbocycles. The number of hydrogen-bond donors (Lipinski definition) is 1. The van der Waals surface area contributed by atoms with Crippen LogP contribution in [-0.4, -0.2) is 49.0 Å². The molecule has 2 aromatic rings. The number of carbonyl (C=O) groups excluding carboxylic acids is 2. The van der Waals surface area contributed by atoms with Gasteiger partial charge in [-0.1, -0.05) is 38.1 Å². The first-order chi connectivity index (χ1) is 13.4. The molecule has 0 radical (unpaired) electrons. The summed E-state index contributed by atoms with van der Waals surface area (Å²) in [4.78, 5) is 29.4. The predicted octanol–water partition coefficient (Wildman–Crippen LogP) is 0.867. The maximum Gasteiger partial charge on any atom is 0.246 e. The first-order valence-corrected chi connectivity index (χ1v) is 9.83. The molecule has 2 atom stereocenters. The van der Waals surface area contributed by atoms with Crippen molar-refractivity contribution in [3.63, 3.8) is 0 Å². The van der Waals surface area contributed by atoms with E-state index >= 15 is 0 Å². The summed E-state index contributed by atoms with van der Waals surface area (Å²) in [5, 5.41) is 15.1. The quantitative estimate of drug-likeness (QED) is 0.828. The number of rotatable bonds is 5. The standard InChI is InChI=1S/C20H26N6O2/c1-12(2)8-16-19(27)21-18(15-9-13-6-4-5-7-14(13)10-15)20(28)26(16)11-17-22-24-25(3)23-17/h4-7,12,15-16,18H,8-11H2,1-3H3,(H,21,27)/t16-,18-/m1/s1. The Kier molecular flexibility index (Phi) is 4.87. The van der Waals surface area contributed by atoms with Gasteiger partial charge in [-0.15, -0.1) is 10.2 Å². The SMILES string of the molecule is CC(C)C[C@@H]1C(=O)N[C@H](C2Cc3ccccc3C2)C(=O)N1Cc1nnn(C)n1. The molecular formula is C20H26N6O2. The lowest BCUT2D eigenvalue weighted by molar-refractivity contribution is -0.152. The number of benzene rings is 1. The van der Waals surface area contributed by atoms with Crippen LogP contribution in [0.3, 0.4) is 0 Å². The van der Waals surface area contributed by atoms with E-state index in [1.807, 2.05) is 12.1 Å². The molecule has 8 nitrogen and oxygen atoms in total. The topological polar surface area (TPSA) is 93.0 Å². The van der Waals surface area contributed by atoms with Gasteiger partial charge in [-0.3, -0.25) is 9.59 Å². The maximum atomic E-state index is 13.4. The molecule has 2 heterocycles. The summed E-state index contributed by atoms with van der Waals surface area (Å²) in [5.74, 6) is 0.681. The molecule has 148 valence electrons. The van der Waals surface area contributed by atoms with Crippen LogP contribution in [0.1, 0.15) is 37.2 Å². The molecule has 2 amide bonds. The number of aryl methyl sites for hydroxylation is 1. The highest BCUT2D eigenvalue weighted by Crippen LogP contribution is 2.32. The fourth-order valence-corrected chi connectivity index (χ4v) is 4.34. The largest absolute Gasteiger partial charge is 0.342 e. The normalized spacial score (nSPS) is 22.6. The Morgan fingerprint density at radius 3 is 2.43 bits per heavy atom. The molecule has 0 unspecified atom stereocenters. The molecule has 1 N–H and O–H groups in total. The maximum absolute atomic E-state index is 13.4. The van der Waals surface area contributed by atoms with Gasteiger partial charge in [0.15, 0.2) is 5.82 Å². The van der Waals surface area contributed by atoms with Gasteiger partial charge in [0.25, 0.3) is 0 Å². The van der Waals surface area contributed by atoms with Crippen LogP contribution in [0.25, 0.3) is 0 Å². The molecular weight excluding hydrogens is 356 g/mol. The van der Waals surface area contributed by atoms with E-state index < -0.39 is 12.1 Å². The number of carbonyl (C=O) groups is 2. The summed E-state index contributed by atoms with van der Waals surface area (Å²) >= 11 is 0. The van der Waals surface area contributed by atoms with E-state index in [4.69, 9.17) is 0 Å². The Balaban J connectivity index is 1.58. The van der Waals surface area contributed by atoms with Crippen LogP contribution in [-0.2, 0) is 36.0 Å². The Morgan fingerprint density at radius 1 is 1.18 bits per heavy atom. The summed E-state index contributed by atoms with van der Waals surface area (Å²) in [5.41, 5.74) is 2.53. The van der Waals surface area contributed by atoms with Gasteiger partial charge in [0, 0.05) is 0 Å². The molecule has 0 saturated carbocycles. The average Bonchev–Trinajstić information content (AvgIpc) is 3.26. The van der Waals surface area contributed by atoms with Crippen LogP contribution in [0.4, 0.5) is 0 Å². The molecule has 1 fully saturated rings. The lowest BCUT2D eigenvalue weighted by Gasteiger charge is -2.41. The monoisotopic (exact) mass is 382 g/mol. The smallest absolute Gasteiger partial charge is 0.246 e. The van der Waals surface area contributed by atoms with E-state index in [1.165, 1.54) is 15.9 Å². The van der Waals surface area contributed by atoms with E-state index in [1.54, 1.807) is 11.9 Å². The number of nitrogens with zero attached hydrogens (tertiary/aromatic N) is 5. The second-order valence-corrected chi connectivity index (χ2v) is 8.23. The second-order valence-electron chi connectivity index (χ2n) is 8.23. The fraction of sp³-hybridized carbons (Fsp3) is 0.550. The first-order valence-electron chi connectivity index (χ1n) is 9.83. The Labute approximate surface area is 164 Å². The van der Waals surface area contributed by atoms with Crippen molar-refractivity contribution in [2.24, 2.45) is 18.9 Å². The highest BCUT2D eigenvalue weighted by atomic mass is 16.2. The minimum atomic E-state index is -0.514. The molecule has 8 heteroatoms. The summed E-state index contributed by atoms with van der Waals surface area (Å²) < 4.78 is 0. The zero-order chi connectivity index (χ0) is 19.8. The van der Waals surface area contributed by atoms with Crippen molar-refractivity contribution < 1.29 is 9.59 Å². The lowest BCUT2D eigenvalue weighted by atomic mass is 9.90. The lowest BCUT2D eigenvalue weighted by Crippen LogP contribution is -2.65. The molecule has 4 rings (SSSR count). The molecule has 1 aliphatic carbocycles. The van der Waals surface area contributed by atoms with Gasteiger partial charge in [-0.2, -0.15) is 4.80 Å². The number of hydrogen-bond acceptors (Lipinski definition) is 5. The minimum absolute atomic E-state index is 0.0458. The summed E-state index contributed by atoms with van der Waals surface area (Å²) in [6.45, 7) is 4.31. The summed E-state index contributed by atoms with van der Waals surface area (Å²) in [6, 6.07) is 7.23. The molecule has 28 heavy (non-hydrogen) atoms. The van der Waals surface area contributed by atoms with Gasteiger partial charge in [-0.05, 0) is 47.4 Å². The van der Waals surface area contributed by atoms with Crippen LogP contribution in [0.5, 0.6) is 0 Å². The van der Waals surface area contributed by atoms with Crippen LogP contribution < -0.4 is 5.32 Å². The van der Waals surface area contributed by atoms with Crippen molar-refractivity contribution in [3.05, 3.63) is 41.2 Å². The number of tetrazole rings is 1. The van der Waals surface area contributed by atoms with Gasteiger partial charge < -0.3 is 10.2 Å². The summed E-state index contributed by atoms with van der Waals surface area (Å²) in [7, 11) is 1.69. The van der Waals surface area contributed by atoms with Crippen LogP contribution in [0.2, 0.25) is 0 Å². The van der Waals surface area contributed by atoms with Crippen LogP contribution in [0, 0.1) is 11.8 Å². The molecule has 1 aliphatic heterocycles. The average molecular weight is 382 g/mol. The number of aromatic nitrogens is 4. The molecule has 0 bridgehead atoms. The van der Waals surface area contributed by atoms with Crippen LogP contribution >= 0.6 is 0 Å². The van der Waals surface area contributed by atoms with Crippen molar-refractivity contribution in [3.8, 4) is 0 Å². The van der Waals surface area contributed by atoms with E-state index in [0.29, 0.717) is 12.2 Å². The highest BCUT2D eigenvalue weighted by molar-refractivity contribution is 5.97. The van der Waals surface area contributed by atoms with Crippen LogP contribution in [0.15, 0.2) is 24.3 Å². The Morgan fingerprint density at radius 2 is 1.86 bits per heavy atom. The van der Waals surface area contributed by atoms with Crippen molar-refractivity contribution in [2.75, 3.05) is 0 Å². The zero-order valence-corrected chi connectivity index (χ0v) is 16.5. The molecule has 0 spiro atoms. The van der Waals surface area contributed by atoms with Crippen molar-refractivity contribution in [1.82, 2.24) is 30.4 Å². The van der Waals surface area contributed by atoms with E-state index in [-0.39, 0.29) is 30.2 Å². The summed E-state index contributed by atoms with van der Waals surface area (Å²) in [6.07, 6.45) is 2.22. The molecule has 1 saturated heterocycles. The molecule has 2 aliphatic rings. The van der Waals surface area contributed by atoms with E-state index in [2.05, 4.69) is 46.7 Å². The predicted molar refractivity (Wildman–Crippen MR) is 102 cm³/mol. The van der Waals surface area contributed by atoms with E-state index in [9.17, 15) is 9.59 Å². The van der Waals surface area contributed by atoms with Gasteiger partial charge in [0.2, 0.25) is 11.8 Å². The number of piperazine rings is 1.